The molecule has 3 rings (SSSR count). The first-order valence-electron chi connectivity index (χ1n) is 6.82. The number of fused-ring (bicyclic) bond motifs is 3. The van der Waals surface area contributed by atoms with Gasteiger partial charge in [0.2, 0.25) is 0 Å². The Balaban J connectivity index is 2.03. The van der Waals surface area contributed by atoms with Crippen LogP contribution in [0.1, 0.15) is 43.7 Å². The number of ketones is 1. The van der Waals surface area contributed by atoms with E-state index in [1.165, 1.54) is 11.1 Å². The smallest absolute Gasteiger partial charge is 0.133 e. The highest BCUT2D eigenvalue weighted by atomic mass is 16.5. The summed E-state index contributed by atoms with van der Waals surface area (Å²) in [6.07, 6.45) is 4.76. The number of Topliss-reactive ketones (excluding diaryl/α,β-unsaturated/α-hetero) is 1. The molecule has 0 unspecified atom stereocenters. The topological polar surface area (TPSA) is 26.3 Å². The van der Waals surface area contributed by atoms with Gasteiger partial charge in [-0.2, -0.15) is 0 Å². The van der Waals surface area contributed by atoms with E-state index in [9.17, 15) is 4.79 Å². The lowest BCUT2D eigenvalue weighted by atomic mass is 9.58. The summed E-state index contributed by atoms with van der Waals surface area (Å²) in [4.78, 5) is 11.7. The van der Waals surface area contributed by atoms with Crippen LogP contribution in [-0.2, 0) is 16.6 Å². The first kappa shape index (κ1) is 11.8. The number of hydrogen-bond acceptors (Lipinski definition) is 2. The molecule has 2 atom stereocenters. The number of carbonyl (C=O) groups is 1. The number of benzene rings is 1. The zero-order valence-corrected chi connectivity index (χ0v) is 11.2. The van der Waals surface area contributed by atoms with Gasteiger partial charge in [0.25, 0.3) is 0 Å². The van der Waals surface area contributed by atoms with Crippen molar-refractivity contribution >= 4 is 5.78 Å². The largest absolute Gasteiger partial charge is 0.497 e. The normalized spacial score (nSPS) is 30.6. The monoisotopic (exact) mass is 244 g/mol. The van der Waals surface area contributed by atoms with Crippen LogP contribution in [0.4, 0.5) is 0 Å². The van der Waals surface area contributed by atoms with E-state index in [-0.39, 0.29) is 5.41 Å². The van der Waals surface area contributed by atoms with Crippen LogP contribution in [0.3, 0.4) is 0 Å². The molecule has 2 nitrogen and oxygen atoms in total. The zero-order chi connectivity index (χ0) is 12.8. The third-order valence-corrected chi connectivity index (χ3v) is 4.99. The van der Waals surface area contributed by atoms with E-state index in [0.29, 0.717) is 11.7 Å². The summed E-state index contributed by atoms with van der Waals surface area (Å²) in [6, 6.07) is 6.45. The molecule has 0 aliphatic heterocycles. The summed E-state index contributed by atoms with van der Waals surface area (Å²) in [5.74, 6) is 1.94. The van der Waals surface area contributed by atoms with Crippen molar-refractivity contribution in [2.45, 2.75) is 44.4 Å². The quantitative estimate of drug-likeness (QED) is 0.758. The minimum atomic E-state index is 0.202. The first-order valence-corrected chi connectivity index (χ1v) is 6.82. The van der Waals surface area contributed by atoms with Gasteiger partial charge in [-0.3, -0.25) is 4.79 Å². The standard InChI is InChI=1S/C16H20O2/c1-16-8-7-13(17)10-12(16)4-3-11-9-14(18-2)5-6-15(11)16/h5-6,9,12H,3-4,7-8,10H2,1-2H3/t12-,16-/m0/s1. The average molecular weight is 244 g/mol. The second-order valence-corrected chi connectivity index (χ2v) is 5.92. The molecule has 0 amide bonds. The minimum absolute atomic E-state index is 0.202. The van der Waals surface area contributed by atoms with Crippen LogP contribution in [0.15, 0.2) is 18.2 Å². The van der Waals surface area contributed by atoms with Crippen LogP contribution in [0.25, 0.3) is 0 Å². The Labute approximate surface area is 108 Å². The molecule has 1 aromatic rings. The van der Waals surface area contributed by atoms with Crippen LogP contribution in [-0.4, -0.2) is 12.9 Å². The summed E-state index contributed by atoms with van der Waals surface area (Å²) >= 11 is 0. The van der Waals surface area contributed by atoms with Crippen LogP contribution >= 0.6 is 0 Å². The van der Waals surface area contributed by atoms with Gasteiger partial charge in [-0.1, -0.05) is 13.0 Å². The molecule has 2 aliphatic carbocycles. The fourth-order valence-electron chi connectivity index (χ4n) is 3.77. The van der Waals surface area contributed by atoms with E-state index in [0.717, 1.165) is 37.9 Å². The van der Waals surface area contributed by atoms with Gasteiger partial charge in [0.05, 0.1) is 7.11 Å². The maximum Gasteiger partial charge on any atom is 0.133 e. The molecule has 2 heteroatoms. The predicted molar refractivity (Wildman–Crippen MR) is 71.0 cm³/mol. The van der Waals surface area contributed by atoms with E-state index in [2.05, 4.69) is 25.1 Å². The van der Waals surface area contributed by atoms with Crippen molar-refractivity contribution < 1.29 is 9.53 Å². The van der Waals surface area contributed by atoms with Gasteiger partial charge in [0.1, 0.15) is 11.5 Å². The molecule has 0 aromatic heterocycles. The van der Waals surface area contributed by atoms with Crippen LogP contribution in [0.2, 0.25) is 0 Å². The number of rotatable bonds is 1. The van der Waals surface area contributed by atoms with E-state index >= 15 is 0 Å². The number of carbonyl (C=O) groups excluding carboxylic acids is 1. The highest BCUT2D eigenvalue weighted by Gasteiger charge is 2.43. The molecular formula is C16H20O2. The fourth-order valence-corrected chi connectivity index (χ4v) is 3.77. The Morgan fingerprint density at radius 3 is 2.94 bits per heavy atom. The first-order chi connectivity index (χ1) is 8.63. The molecule has 0 N–H and O–H groups in total. The highest BCUT2D eigenvalue weighted by Crippen LogP contribution is 2.49. The SMILES string of the molecule is COc1ccc2c(c1)CC[C@H]1CC(=O)CC[C@]21C. The second-order valence-electron chi connectivity index (χ2n) is 5.92. The van der Waals surface area contributed by atoms with Gasteiger partial charge in [-0.15, -0.1) is 0 Å². The van der Waals surface area contributed by atoms with E-state index in [1.54, 1.807) is 7.11 Å². The molecule has 0 spiro atoms. The summed E-state index contributed by atoms with van der Waals surface area (Å²) in [5, 5.41) is 0. The van der Waals surface area contributed by atoms with Gasteiger partial charge >= 0.3 is 0 Å². The summed E-state index contributed by atoms with van der Waals surface area (Å²) in [5.41, 5.74) is 3.07. The summed E-state index contributed by atoms with van der Waals surface area (Å²) < 4.78 is 5.31. The van der Waals surface area contributed by atoms with E-state index in [4.69, 9.17) is 4.74 Å². The van der Waals surface area contributed by atoms with Gasteiger partial charge in [0, 0.05) is 12.8 Å². The minimum Gasteiger partial charge on any atom is -0.497 e. The molecular weight excluding hydrogens is 224 g/mol. The maximum atomic E-state index is 11.7. The highest BCUT2D eigenvalue weighted by molar-refractivity contribution is 5.80. The van der Waals surface area contributed by atoms with Crippen molar-refractivity contribution in [3.63, 3.8) is 0 Å². The molecule has 18 heavy (non-hydrogen) atoms. The Morgan fingerprint density at radius 2 is 2.17 bits per heavy atom. The van der Waals surface area contributed by atoms with Crippen molar-refractivity contribution in [2.75, 3.05) is 7.11 Å². The number of ether oxygens (including phenoxy) is 1. The fraction of sp³-hybridized carbons (Fsp3) is 0.562. The Morgan fingerprint density at radius 1 is 1.33 bits per heavy atom. The van der Waals surface area contributed by atoms with E-state index < -0.39 is 0 Å². The Kier molecular flexibility index (Phi) is 2.69. The molecule has 2 aliphatic rings. The van der Waals surface area contributed by atoms with E-state index in [1.807, 2.05) is 0 Å². The lowest BCUT2D eigenvalue weighted by molar-refractivity contribution is -0.123. The summed E-state index contributed by atoms with van der Waals surface area (Å²) in [6.45, 7) is 2.34. The van der Waals surface area contributed by atoms with Crippen molar-refractivity contribution in [3.05, 3.63) is 29.3 Å². The van der Waals surface area contributed by atoms with Crippen LogP contribution in [0, 0.1) is 5.92 Å². The molecule has 96 valence electrons. The van der Waals surface area contributed by atoms with Crippen molar-refractivity contribution in [3.8, 4) is 5.75 Å². The molecule has 0 saturated heterocycles. The lowest BCUT2D eigenvalue weighted by Gasteiger charge is -2.46. The molecule has 1 saturated carbocycles. The van der Waals surface area contributed by atoms with Crippen LogP contribution < -0.4 is 4.74 Å². The number of hydrogen-bond donors (Lipinski definition) is 0. The molecule has 0 bridgehead atoms. The zero-order valence-electron chi connectivity index (χ0n) is 11.2. The molecule has 0 heterocycles. The van der Waals surface area contributed by atoms with Crippen molar-refractivity contribution in [1.82, 2.24) is 0 Å². The van der Waals surface area contributed by atoms with Gasteiger partial charge < -0.3 is 4.74 Å². The van der Waals surface area contributed by atoms with Crippen molar-refractivity contribution in [2.24, 2.45) is 5.92 Å². The number of aryl methyl sites for hydroxylation is 1. The Bertz CT molecular complexity index is 492. The third-order valence-electron chi connectivity index (χ3n) is 4.99. The average Bonchev–Trinajstić information content (AvgIpc) is 2.39. The van der Waals surface area contributed by atoms with Gasteiger partial charge in [-0.25, -0.2) is 0 Å². The van der Waals surface area contributed by atoms with Crippen LogP contribution in [0.5, 0.6) is 5.75 Å². The summed E-state index contributed by atoms with van der Waals surface area (Å²) in [7, 11) is 1.72. The number of methoxy groups -OCH3 is 1. The van der Waals surface area contributed by atoms with Crippen molar-refractivity contribution in [1.29, 1.82) is 0 Å². The van der Waals surface area contributed by atoms with Gasteiger partial charge in [0.15, 0.2) is 0 Å². The third kappa shape index (κ3) is 1.66. The molecule has 1 aromatic carbocycles. The predicted octanol–water partition coefficient (Wildman–Crippen LogP) is 3.27. The molecule has 1 fully saturated rings. The molecule has 0 radical (unpaired) electrons. The van der Waals surface area contributed by atoms with Gasteiger partial charge in [-0.05, 0) is 53.9 Å². The maximum absolute atomic E-state index is 11.7. The lowest BCUT2D eigenvalue weighted by Crippen LogP contribution is -2.41. The second kappa shape index (κ2) is 4.11. The Hall–Kier alpha value is -1.31.